The molecule has 0 saturated heterocycles. The number of benzene rings is 8. The van der Waals surface area contributed by atoms with Crippen molar-refractivity contribution in [2.75, 3.05) is 0 Å². The summed E-state index contributed by atoms with van der Waals surface area (Å²) in [7, 11) is 0. The fourth-order valence-corrected chi connectivity index (χ4v) is 10.5. The van der Waals surface area contributed by atoms with Gasteiger partial charge in [-0.3, -0.25) is 0 Å². The quantitative estimate of drug-likeness (QED) is 0.181. The van der Waals surface area contributed by atoms with Crippen LogP contribution in [0.4, 0.5) is 0 Å². The van der Waals surface area contributed by atoms with Crippen LogP contribution < -0.4 is 0 Å². The minimum Gasteiger partial charge on any atom is -0.208 e. The number of thiophene rings is 1. The largest absolute Gasteiger partial charge is 0.208 e. The van der Waals surface area contributed by atoms with E-state index < -0.39 is 5.41 Å². The van der Waals surface area contributed by atoms with Gasteiger partial charge in [-0.25, -0.2) is 15.0 Å². The number of nitrogens with zero attached hydrogens (tertiary/aromatic N) is 3. The molecule has 0 radical (unpaired) electrons. The van der Waals surface area contributed by atoms with Gasteiger partial charge in [0.1, 0.15) is 0 Å². The Balaban J connectivity index is 1.07. The van der Waals surface area contributed by atoms with Gasteiger partial charge in [0.05, 0.1) is 5.41 Å². The summed E-state index contributed by atoms with van der Waals surface area (Å²) in [6, 6.07) is 67.9. The smallest absolute Gasteiger partial charge is 0.164 e. The average molecular weight is 730 g/mol. The van der Waals surface area contributed by atoms with E-state index in [1.165, 1.54) is 64.7 Å². The van der Waals surface area contributed by atoms with Gasteiger partial charge in [-0.05, 0) is 73.8 Å². The summed E-state index contributed by atoms with van der Waals surface area (Å²) in [5.41, 5.74) is 15.2. The Hall–Kier alpha value is -7.01. The molecule has 0 fully saturated rings. The lowest BCUT2D eigenvalue weighted by atomic mass is 9.70. The topological polar surface area (TPSA) is 38.7 Å². The molecule has 56 heavy (non-hydrogen) atoms. The molecule has 0 bridgehead atoms. The van der Waals surface area contributed by atoms with Gasteiger partial charge in [-0.2, -0.15) is 0 Å². The van der Waals surface area contributed by atoms with E-state index in [1.807, 2.05) is 18.2 Å². The van der Waals surface area contributed by atoms with Crippen LogP contribution in [0.3, 0.4) is 0 Å². The number of aromatic nitrogens is 3. The van der Waals surface area contributed by atoms with Crippen molar-refractivity contribution in [1.82, 2.24) is 15.0 Å². The summed E-state index contributed by atoms with van der Waals surface area (Å²) in [5, 5.41) is 2.53. The molecule has 260 valence electrons. The number of hydrogen-bond acceptors (Lipinski definition) is 4. The van der Waals surface area contributed by atoms with Gasteiger partial charge in [0.25, 0.3) is 0 Å². The molecule has 8 aromatic carbocycles. The molecule has 3 nitrogen and oxygen atoms in total. The van der Waals surface area contributed by atoms with Crippen molar-refractivity contribution in [3.63, 3.8) is 0 Å². The van der Waals surface area contributed by atoms with E-state index >= 15 is 0 Å². The Bertz CT molecular complexity index is 3150. The first-order valence-electron chi connectivity index (χ1n) is 19.0. The van der Waals surface area contributed by atoms with Crippen molar-refractivity contribution in [1.29, 1.82) is 0 Å². The Morgan fingerprint density at radius 2 is 0.804 bits per heavy atom. The van der Waals surface area contributed by atoms with Gasteiger partial charge in [-0.15, -0.1) is 11.3 Å². The van der Waals surface area contributed by atoms with E-state index in [4.69, 9.17) is 15.0 Å². The molecule has 12 rings (SSSR count). The van der Waals surface area contributed by atoms with Crippen molar-refractivity contribution in [3.8, 4) is 67.5 Å². The maximum absolute atomic E-state index is 5.26. The Kier molecular flexibility index (Phi) is 6.72. The molecule has 2 aliphatic rings. The highest BCUT2D eigenvalue weighted by Gasteiger charge is 2.51. The van der Waals surface area contributed by atoms with E-state index in [9.17, 15) is 0 Å². The molecule has 0 atom stereocenters. The van der Waals surface area contributed by atoms with Crippen molar-refractivity contribution in [2.24, 2.45) is 0 Å². The third-order valence-corrected chi connectivity index (χ3v) is 12.9. The monoisotopic (exact) mass is 729 g/mol. The Morgan fingerprint density at radius 1 is 0.304 bits per heavy atom. The van der Waals surface area contributed by atoms with Crippen molar-refractivity contribution < 1.29 is 0 Å². The number of fused-ring (bicyclic) bond motifs is 13. The summed E-state index contributed by atoms with van der Waals surface area (Å²) < 4.78 is 2.49. The van der Waals surface area contributed by atoms with Crippen LogP contribution in [0, 0.1) is 0 Å². The standard InChI is InChI=1S/C52H31N3S/c1-2-14-32(15-3-1)49-53-50(34-27-29-41-40-20-9-13-25-47(40)56-48(41)31-34)55-51(54-49)42-21-5-4-16-35(42)33-26-28-39-38-19-8-12-24-45(38)52(46(39)30-33)43-22-10-6-17-36(43)37-18-7-11-23-44(37)52/h1-31H. The van der Waals surface area contributed by atoms with Gasteiger partial charge in [0.2, 0.25) is 0 Å². The van der Waals surface area contributed by atoms with Crippen LogP contribution >= 0.6 is 11.3 Å². The van der Waals surface area contributed by atoms with E-state index in [-0.39, 0.29) is 0 Å². The lowest BCUT2D eigenvalue weighted by molar-refractivity contribution is 0.794. The molecule has 0 aliphatic heterocycles. The lowest BCUT2D eigenvalue weighted by Gasteiger charge is -2.30. The van der Waals surface area contributed by atoms with E-state index in [2.05, 4.69) is 170 Å². The first kappa shape index (κ1) is 31.4. The second-order valence-electron chi connectivity index (χ2n) is 14.7. The Labute approximate surface area is 328 Å². The average Bonchev–Trinajstić information content (AvgIpc) is 3.90. The summed E-state index contributed by atoms with van der Waals surface area (Å²) >= 11 is 1.80. The number of hydrogen-bond donors (Lipinski definition) is 0. The van der Waals surface area contributed by atoms with Crippen LogP contribution in [0.15, 0.2) is 188 Å². The van der Waals surface area contributed by atoms with Crippen molar-refractivity contribution in [3.05, 3.63) is 210 Å². The molecule has 0 amide bonds. The first-order valence-corrected chi connectivity index (χ1v) is 19.8. The summed E-state index contributed by atoms with van der Waals surface area (Å²) in [5.74, 6) is 1.96. The molecule has 2 aromatic heterocycles. The molecule has 0 saturated carbocycles. The predicted octanol–water partition coefficient (Wildman–Crippen LogP) is 13.3. The zero-order valence-electron chi connectivity index (χ0n) is 30.1. The zero-order chi connectivity index (χ0) is 36.8. The van der Waals surface area contributed by atoms with E-state index in [1.54, 1.807) is 11.3 Å². The summed E-state index contributed by atoms with van der Waals surface area (Å²) in [6.45, 7) is 0. The second-order valence-corrected chi connectivity index (χ2v) is 15.8. The molecular weight excluding hydrogens is 699 g/mol. The van der Waals surface area contributed by atoms with Gasteiger partial charge in [0.15, 0.2) is 17.5 Å². The summed E-state index contributed by atoms with van der Waals surface area (Å²) in [4.78, 5) is 15.6. The minimum absolute atomic E-state index is 0.421. The molecule has 2 aliphatic carbocycles. The van der Waals surface area contributed by atoms with Gasteiger partial charge in [0, 0.05) is 36.9 Å². The van der Waals surface area contributed by atoms with E-state index in [0.717, 1.165) is 27.8 Å². The van der Waals surface area contributed by atoms with E-state index in [0.29, 0.717) is 17.5 Å². The van der Waals surface area contributed by atoms with Gasteiger partial charge < -0.3 is 0 Å². The van der Waals surface area contributed by atoms with Crippen LogP contribution in [-0.2, 0) is 5.41 Å². The SMILES string of the molecule is c1ccc(-c2nc(-c3ccc4c(c3)sc3ccccc34)nc(-c3ccccc3-c3ccc4c(c3)C3(c5ccccc5-c5ccccc53)c3ccccc3-4)n2)cc1. The fourth-order valence-electron chi connectivity index (χ4n) is 9.40. The predicted molar refractivity (Wildman–Crippen MR) is 231 cm³/mol. The molecule has 10 aromatic rings. The number of rotatable bonds is 4. The highest BCUT2D eigenvalue weighted by molar-refractivity contribution is 7.25. The highest BCUT2D eigenvalue weighted by Crippen LogP contribution is 2.63. The molecular formula is C52H31N3S. The maximum Gasteiger partial charge on any atom is 0.164 e. The van der Waals surface area contributed by atoms with Crippen molar-refractivity contribution in [2.45, 2.75) is 5.41 Å². The molecule has 2 heterocycles. The molecule has 0 unspecified atom stereocenters. The summed E-state index contributed by atoms with van der Waals surface area (Å²) in [6.07, 6.45) is 0. The second kappa shape index (κ2) is 12.0. The van der Waals surface area contributed by atoms with Gasteiger partial charge in [-0.1, -0.05) is 170 Å². The third-order valence-electron chi connectivity index (χ3n) is 11.8. The Morgan fingerprint density at radius 3 is 1.50 bits per heavy atom. The minimum atomic E-state index is -0.421. The van der Waals surface area contributed by atoms with Crippen LogP contribution in [0.25, 0.3) is 87.7 Å². The van der Waals surface area contributed by atoms with Gasteiger partial charge >= 0.3 is 0 Å². The van der Waals surface area contributed by atoms with Crippen LogP contribution in [-0.4, -0.2) is 15.0 Å². The third kappa shape index (κ3) is 4.42. The van der Waals surface area contributed by atoms with Crippen molar-refractivity contribution >= 4 is 31.5 Å². The molecule has 0 N–H and O–H groups in total. The molecule has 4 heteroatoms. The normalized spacial score (nSPS) is 13.1. The van der Waals surface area contributed by atoms with Crippen LogP contribution in [0.5, 0.6) is 0 Å². The molecule has 1 spiro atoms. The highest BCUT2D eigenvalue weighted by atomic mass is 32.1. The van der Waals surface area contributed by atoms with Crippen LogP contribution in [0.2, 0.25) is 0 Å². The lowest BCUT2D eigenvalue weighted by Crippen LogP contribution is -2.25. The van der Waals surface area contributed by atoms with Crippen LogP contribution in [0.1, 0.15) is 22.3 Å². The maximum atomic E-state index is 5.26. The first-order chi connectivity index (χ1) is 27.8. The fraction of sp³-hybridized carbons (Fsp3) is 0.0192. The zero-order valence-corrected chi connectivity index (χ0v) is 31.0.